The van der Waals surface area contributed by atoms with Crippen molar-refractivity contribution in [2.24, 2.45) is 0 Å². The Labute approximate surface area is 99.6 Å². The van der Waals surface area contributed by atoms with Gasteiger partial charge >= 0.3 is 6.18 Å². The van der Waals surface area contributed by atoms with Gasteiger partial charge in [-0.05, 0) is 25.1 Å². The number of aliphatic hydroxyl groups is 1. The van der Waals surface area contributed by atoms with Crippen LogP contribution in [-0.2, 0) is 6.18 Å². The van der Waals surface area contributed by atoms with E-state index in [0.717, 1.165) is 6.07 Å². The fraction of sp³-hybridized carbons (Fsp3) is 0.400. The highest BCUT2D eigenvalue weighted by Crippen LogP contribution is 2.36. The lowest BCUT2D eigenvalue weighted by atomic mass is 10.1. The van der Waals surface area contributed by atoms with Crippen molar-refractivity contribution in [3.63, 3.8) is 0 Å². The molecule has 1 aromatic rings. The molecule has 0 aliphatic heterocycles. The number of halogens is 4. The van der Waals surface area contributed by atoms with Crippen molar-refractivity contribution in [2.45, 2.75) is 19.1 Å². The molecular weight excluding hydrogens is 287 g/mol. The van der Waals surface area contributed by atoms with Crippen molar-refractivity contribution in [3.8, 4) is 0 Å². The summed E-state index contributed by atoms with van der Waals surface area (Å²) in [5.41, 5.74) is -0.778. The largest absolute Gasteiger partial charge is 0.418 e. The van der Waals surface area contributed by atoms with Crippen LogP contribution >= 0.6 is 15.9 Å². The van der Waals surface area contributed by atoms with Gasteiger partial charge in [-0.25, -0.2) is 0 Å². The minimum atomic E-state index is -4.40. The predicted molar refractivity (Wildman–Crippen MR) is 59.3 cm³/mol. The summed E-state index contributed by atoms with van der Waals surface area (Å²) in [6.45, 7) is 1.37. The Kier molecular flexibility index (Phi) is 4.21. The molecule has 0 spiro atoms. The molecule has 0 saturated carbocycles. The highest BCUT2D eigenvalue weighted by molar-refractivity contribution is 9.10. The van der Waals surface area contributed by atoms with E-state index in [2.05, 4.69) is 21.2 Å². The van der Waals surface area contributed by atoms with Crippen LogP contribution in [0.2, 0.25) is 0 Å². The Balaban J connectivity index is 3.09. The van der Waals surface area contributed by atoms with Crippen molar-refractivity contribution < 1.29 is 18.3 Å². The zero-order valence-electron chi connectivity index (χ0n) is 8.48. The van der Waals surface area contributed by atoms with E-state index in [4.69, 9.17) is 5.11 Å². The van der Waals surface area contributed by atoms with Gasteiger partial charge in [0, 0.05) is 16.2 Å². The first-order valence-corrected chi connectivity index (χ1v) is 5.38. The molecule has 0 bridgehead atoms. The average molecular weight is 298 g/mol. The molecule has 2 nitrogen and oxygen atoms in total. The Hall–Kier alpha value is -0.750. The summed E-state index contributed by atoms with van der Waals surface area (Å²) in [5.74, 6) is 0. The second-order valence-corrected chi connectivity index (χ2v) is 4.33. The maximum atomic E-state index is 12.6. The maximum Gasteiger partial charge on any atom is 0.418 e. The Morgan fingerprint density at radius 2 is 2.06 bits per heavy atom. The number of anilines is 1. The molecule has 0 aromatic heterocycles. The number of alkyl halides is 3. The molecule has 6 heteroatoms. The Morgan fingerprint density at radius 3 is 2.56 bits per heavy atom. The van der Waals surface area contributed by atoms with Crippen LogP contribution in [0, 0.1) is 0 Å². The molecule has 2 N–H and O–H groups in total. The molecular formula is C10H11BrF3NO. The van der Waals surface area contributed by atoms with Crippen LogP contribution in [0.4, 0.5) is 18.9 Å². The molecule has 1 rings (SSSR count). The van der Waals surface area contributed by atoms with E-state index in [0.29, 0.717) is 4.47 Å². The van der Waals surface area contributed by atoms with E-state index in [1.54, 1.807) is 6.92 Å². The molecule has 0 amide bonds. The molecule has 0 aliphatic carbocycles. The van der Waals surface area contributed by atoms with Gasteiger partial charge in [-0.2, -0.15) is 13.2 Å². The van der Waals surface area contributed by atoms with Gasteiger partial charge in [-0.15, -0.1) is 0 Å². The van der Waals surface area contributed by atoms with Gasteiger partial charge in [0.15, 0.2) is 0 Å². The number of aliphatic hydroxyl groups excluding tert-OH is 1. The number of rotatable bonds is 3. The third kappa shape index (κ3) is 3.38. The van der Waals surface area contributed by atoms with Gasteiger partial charge in [0.1, 0.15) is 0 Å². The van der Waals surface area contributed by atoms with Gasteiger partial charge in [-0.3, -0.25) is 0 Å². The second-order valence-electron chi connectivity index (χ2n) is 3.42. The van der Waals surface area contributed by atoms with Gasteiger partial charge < -0.3 is 10.4 Å². The zero-order valence-corrected chi connectivity index (χ0v) is 10.1. The second kappa shape index (κ2) is 5.05. The fourth-order valence-corrected chi connectivity index (χ4v) is 1.56. The van der Waals surface area contributed by atoms with Gasteiger partial charge in [0.25, 0.3) is 0 Å². The standard InChI is InChI=1S/C10H11BrF3NO/c1-6(5-16)15-9-4-7(11)2-3-8(9)10(12,13)14/h2-4,6,15-16H,5H2,1H3. The molecule has 1 atom stereocenters. The summed E-state index contributed by atoms with van der Waals surface area (Å²) < 4.78 is 38.4. The molecule has 90 valence electrons. The normalized spacial score (nSPS) is 13.6. The van der Waals surface area contributed by atoms with E-state index >= 15 is 0 Å². The van der Waals surface area contributed by atoms with E-state index < -0.39 is 17.8 Å². The first-order valence-electron chi connectivity index (χ1n) is 4.58. The van der Waals surface area contributed by atoms with Crippen molar-refractivity contribution in [3.05, 3.63) is 28.2 Å². The first kappa shape index (κ1) is 13.3. The lowest BCUT2D eigenvalue weighted by Gasteiger charge is -2.18. The third-order valence-electron chi connectivity index (χ3n) is 1.96. The van der Waals surface area contributed by atoms with E-state index in [1.165, 1.54) is 12.1 Å². The monoisotopic (exact) mass is 297 g/mol. The summed E-state index contributed by atoms with van der Waals surface area (Å²) >= 11 is 3.11. The highest BCUT2D eigenvalue weighted by atomic mass is 79.9. The first-order chi connectivity index (χ1) is 7.34. The number of hydrogen-bond donors (Lipinski definition) is 2. The molecule has 0 aliphatic rings. The Morgan fingerprint density at radius 1 is 1.44 bits per heavy atom. The quantitative estimate of drug-likeness (QED) is 0.897. The average Bonchev–Trinajstić information content (AvgIpc) is 2.15. The summed E-state index contributed by atoms with van der Waals surface area (Å²) in [5, 5.41) is 11.4. The fourth-order valence-electron chi connectivity index (χ4n) is 1.19. The number of hydrogen-bond acceptors (Lipinski definition) is 2. The van der Waals surface area contributed by atoms with Crippen LogP contribution in [0.5, 0.6) is 0 Å². The van der Waals surface area contributed by atoms with Crippen molar-refractivity contribution in [2.75, 3.05) is 11.9 Å². The van der Waals surface area contributed by atoms with Crippen molar-refractivity contribution in [1.29, 1.82) is 0 Å². The molecule has 0 saturated heterocycles. The third-order valence-corrected chi connectivity index (χ3v) is 2.46. The molecule has 1 unspecified atom stereocenters. The van der Waals surface area contributed by atoms with Gasteiger partial charge in [-0.1, -0.05) is 15.9 Å². The topological polar surface area (TPSA) is 32.3 Å². The van der Waals surface area contributed by atoms with E-state index in [9.17, 15) is 13.2 Å². The predicted octanol–water partition coefficient (Wildman–Crippen LogP) is 3.26. The van der Waals surface area contributed by atoms with Crippen LogP contribution in [0.15, 0.2) is 22.7 Å². The minimum Gasteiger partial charge on any atom is -0.394 e. The van der Waals surface area contributed by atoms with E-state index in [-0.39, 0.29) is 12.3 Å². The summed E-state index contributed by atoms with van der Waals surface area (Å²) in [4.78, 5) is 0. The van der Waals surface area contributed by atoms with Crippen LogP contribution in [0.25, 0.3) is 0 Å². The highest BCUT2D eigenvalue weighted by Gasteiger charge is 2.33. The van der Waals surface area contributed by atoms with Crippen LogP contribution < -0.4 is 5.32 Å². The Bertz CT molecular complexity index is 368. The van der Waals surface area contributed by atoms with E-state index in [1.807, 2.05) is 0 Å². The minimum absolute atomic E-state index is 0.0385. The SMILES string of the molecule is CC(CO)Nc1cc(Br)ccc1C(F)(F)F. The lowest BCUT2D eigenvalue weighted by molar-refractivity contribution is -0.137. The summed E-state index contributed by atoms with van der Waals surface area (Å²) in [6, 6.07) is 3.23. The lowest BCUT2D eigenvalue weighted by Crippen LogP contribution is -2.21. The summed E-state index contributed by atoms with van der Waals surface area (Å²) in [7, 11) is 0. The van der Waals surface area contributed by atoms with Gasteiger partial charge in [0.05, 0.1) is 12.2 Å². The van der Waals surface area contributed by atoms with Gasteiger partial charge in [0.2, 0.25) is 0 Å². The zero-order chi connectivity index (χ0) is 12.3. The number of benzene rings is 1. The molecule has 16 heavy (non-hydrogen) atoms. The number of nitrogens with one attached hydrogen (secondary N) is 1. The smallest absolute Gasteiger partial charge is 0.394 e. The van der Waals surface area contributed by atoms with Crippen molar-refractivity contribution in [1.82, 2.24) is 0 Å². The maximum absolute atomic E-state index is 12.6. The van der Waals surface area contributed by atoms with Crippen molar-refractivity contribution >= 4 is 21.6 Å². The summed E-state index contributed by atoms with van der Waals surface area (Å²) in [6.07, 6.45) is -4.40. The molecule has 0 radical (unpaired) electrons. The molecule has 1 aromatic carbocycles. The van der Waals surface area contributed by atoms with Crippen LogP contribution in [0.1, 0.15) is 12.5 Å². The van der Waals surface area contributed by atoms with Crippen LogP contribution in [-0.4, -0.2) is 17.8 Å². The molecule has 0 fully saturated rings. The molecule has 0 heterocycles. The van der Waals surface area contributed by atoms with Crippen LogP contribution in [0.3, 0.4) is 0 Å².